The van der Waals surface area contributed by atoms with Crippen molar-refractivity contribution in [3.8, 4) is 10.6 Å². The Kier molecular flexibility index (Phi) is 3.31. The third-order valence-corrected chi connectivity index (χ3v) is 3.24. The Bertz CT molecular complexity index is 471. The summed E-state index contributed by atoms with van der Waals surface area (Å²) in [5, 5.41) is 13.5. The second-order valence-electron chi connectivity index (χ2n) is 3.91. The van der Waals surface area contributed by atoms with Crippen molar-refractivity contribution in [3.05, 3.63) is 34.3 Å². The number of aryl methyl sites for hydroxylation is 2. The summed E-state index contributed by atoms with van der Waals surface area (Å²) < 4.78 is 0. The van der Waals surface area contributed by atoms with E-state index in [0.717, 1.165) is 22.1 Å². The van der Waals surface area contributed by atoms with Crippen molar-refractivity contribution in [1.82, 2.24) is 15.5 Å². The van der Waals surface area contributed by atoms with E-state index in [1.54, 1.807) is 11.3 Å². The highest BCUT2D eigenvalue weighted by molar-refractivity contribution is 7.14. The molecule has 1 aromatic carbocycles. The molecule has 0 fully saturated rings. The van der Waals surface area contributed by atoms with Crippen molar-refractivity contribution in [3.63, 3.8) is 0 Å². The summed E-state index contributed by atoms with van der Waals surface area (Å²) in [7, 11) is 1.91. The lowest BCUT2D eigenvalue weighted by atomic mass is 10.1. The van der Waals surface area contributed by atoms with Crippen molar-refractivity contribution in [2.45, 2.75) is 20.4 Å². The van der Waals surface area contributed by atoms with Gasteiger partial charge in [0, 0.05) is 12.1 Å². The number of rotatable bonds is 3. The molecule has 3 nitrogen and oxygen atoms in total. The molecule has 1 aromatic heterocycles. The van der Waals surface area contributed by atoms with Gasteiger partial charge in [-0.05, 0) is 33.0 Å². The fraction of sp³-hybridized carbons (Fsp3) is 0.333. The minimum Gasteiger partial charge on any atom is -0.313 e. The number of nitrogens with one attached hydrogen (secondary N) is 1. The first-order valence-electron chi connectivity index (χ1n) is 5.24. The Morgan fingerprint density at radius 1 is 1.12 bits per heavy atom. The minimum atomic E-state index is 0.780. The van der Waals surface area contributed by atoms with Crippen LogP contribution < -0.4 is 5.32 Å². The summed E-state index contributed by atoms with van der Waals surface area (Å²) in [5.74, 6) is 0. The summed E-state index contributed by atoms with van der Waals surface area (Å²) in [5.41, 5.74) is 3.69. The molecule has 0 radical (unpaired) electrons. The zero-order valence-electron chi connectivity index (χ0n) is 9.74. The molecule has 2 rings (SSSR count). The number of nitrogens with zero attached hydrogens (tertiary/aromatic N) is 2. The monoisotopic (exact) mass is 233 g/mol. The Hall–Kier alpha value is -1.26. The number of hydrogen-bond acceptors (Lipinski definition) is 4. The fourth-order valence-electron chi connectivity index (χ4n) is 1.69. The van der Waals surface area contributed by atoms with Crippen LogP contribution in [0.1, 0.15) is 16.1 Å². The molecule has 0 saturated heterocycles. The zero-order valence-corrected chi connectivity index (χ0v) is 10.6. The van der Waals surface area contributed by atoms with Crippen LogP contribution in [0, 0.1) is 13.8 Å². The quantitative estimate of drug-likeness (QED) is 0.885. The Morgan fingerprint density at radius 2 is 1.81 bits per heavy atom. The number of benzene rings is 1. The third-order valence-electron chi connectivity index (χ3n) is 2.26. The van der Waals surface area contributed by atoms with Crippen molar-refractivity contribution >= 4 is 11.3 Å². The topological polar surface area (TPSA) is 37.8 Å². The van der Waals surface area contributed by atoms with Crippen LogP contribution in [0.5, 0.6) is 0 Å². The summed E-state index contributed by atoms with van der Waals surface area (Å²) in [6.45, 7) is 4.99. The van der Waals surface area contributed by atoms with E-state index in [0.29, 0.717) is 0 Å². The highest BCUT2D eigenvalue weighted by Gasteiger charge is 2.06. The van der Waals surface area contributed by atoms with Crippen molar-refractivity contribution in [2.24, 2.45) is 0 Å². The van der Waals surface area contributed by atoms with Crippen molar-refractivity contribution < 1.29 is 0 Å². The molecular formula is C12H15N3S. The van der Waals surface area contributed by atoms with Crippen LogP contribution in [0.4, 0.5) is 0 Å². The molecule has 1 heterocycles. The first-order chi connectivity index (χ1) is 7.69. The van der Waals surface area contributed by atoms with Gasteiger partial charge < -0.3 is 5.32 Å². The van der Waals surface area contributed by atoms with Gasteiger partial charge in [0.05, 0.1) is 0 Å². The molecule has 4 heteroatoms. The van der Waals surface area contributed by atoms with Gasteiger partial charge in [0.15, 0.2) is 0 Å². The van der Waals surface area contributed by atoms with E-state index in [-0.39, 0.29) is 0 Å². The van der Waals surface area contributed by atoms with Crippen molar-refractivity contribution in [2.75, 3.05) is 7.05 Å². The normalized spacial score (nSPS) is 10.7. The van der Waals surface area contributed by atoms with Gasteiger partial charge in [-0.3, -0.25) is 0 Å². The molecule has 1 N–H and O–H groups in total. The summed E-state index contributed by atoms with van der Waals surface area (Å²) in [6.07, 6.45) is 0. The van der Waals surface area contributed by atoms with E-state index in [2.05, 4.69) is 47.6 Å². The lowest BCUT2D eigenvalue weighted by Gasteiger charge is -2.00. The third kappa shape index (κ3) is 2.46. The molecule has 2 aromatic rings. The van der Waals surface area contributed by atoms with Crippen LogP contribution in [0.2, 0.25) is 0 Å². The Balaban J connectivity index is 2.34. The summed E-state index contributed by atoms with van der Waals surface area (Å²) in [6, 6.07) is 6.46. The SMILES string of the molecule is CNCc1nnc(-c2cc(C)cc(C)c2)s1. The largest absolute Gasteiger partial charge is 0.313 e. The lowest BCUT2D eigenvalue weighted by molar-refractivity contribution is 0.795. The zero-order chi connectivity index (χ0) is 11.5. The number of aromatic nitrogens is 2. The van der Waals surface area contributed by atoms with Crippen LogP contribution in [0.15, 0.2) is 18.2 Å². The van der Waals surface area contributed by atoms with E-state index in [4.69, 9.17) is 0 Å². The molecule has 84 valence electrons. The first-order valence-corrected chi connectivity index (χ1v) is 6.06. The van der Waals surface area contributed by atoms with Crippen LogP contribution in [-0.2, 0) is 6.54 Å². The molecule has 0 spiro atoms. The van der Waals surface area contributed by atoms with Crippen LogP contribution in [0.25, 0.3) is 10.6 Å². The van der Waals surface area contributed by atoms with Crippen molar-refractivity contribution in [1.29, 1.82) is 0 Å². The van der Waals surface area contributed by atoms with Gasteiger partial charge in [0.2, 0.25) is 0 Å². The lowest BCUT2D eigenvalue weighted by Crippen LogP contribution is -2.04. The van der Waals surface area contributed by atoms with Gasteiger partial charge in [-0.1, -0.05) is 28.5 Å². The molecular weight excluding hydrogens is 218 g/mol. The van der Waals surface area contributed by atoms with E-state index in [9.17, 15) is 0 Å². The van der Waals surface area contributed by atoms with Crippen LogP contribution in [-0.4, -0.2) is 17.2 Å². The average molecular weight is 233 g/mol. The molecule has 0 unspecified atom stereocenters. The second-order valence-corrected chi connectivity index (χ2v) is 4.97. The van der Waals surface area contributed by atoms with Gasteiger partial charge in [0.1, 0.15) is 10.0 Å². The van der Waals surface area contributed by atoms with Gasteiger partial charge in [-0.25, -0.2) is 0 Å². The van der Waals surface area contributed by atoms with E-state index >= 15 is 0 Å². The first kappa shape index (κ1) is 11.2. The molecule has 0 aliphatic heterocycles. The maximum absolute atomic E-state index is 4.22. The van der Waals surface area contributed by atoms with Gasteiger partial charge in [0.25, 0.3) is 0 Å². The van der Waals surface area contributed by atoms with Crippen LogP contribution >= 0.6 is 11.3 Å². The van der Waals surface area contributed by atoms with Gasteiger partial charge in [-0.15, -0.1) is 10.2 Å². The molecule has 16 heavy (non-hydrogen) atoms. The van der Waals surface area contributed by atoms with Gasteiger partial charge >= 0.3 is 0 Å². The van der Waals surface area contributed by atoms with E-state index in [1.807, 2.05) is 7.05 Å². The Morgan fingerprint density at radius 3 is 2.44 bits per heavy atom. The molecule has 0 amide bonds. The predicted octanol–water partition coefficient (Wildman–Crippen LogP) is 2.54. The molecule has 0 aliphatic carbocycles. The van der Waals surface area contributed by atoms with E-state index < -0.39 is 0 Å². The molecule has 0 bridgehead atoms. The predicted molar refractivity (Wildman–Crippen MR) is 67.6 cm³/mol. The Labute approximate surface area is 99.5 Å². The van der Waals surface area contributed by atoms with Crippen LogP contribution in [0.3, 0.4) is 0 Å². The minimum absolute atomic E-state index is 0.780. The van der Waals surface area contributed by atoms with E-state index in [1.165, 1.54) is 11.1 Å². The molecule has 0 saturated carbocycles. The van der Waals surface area contributed by atoms with Gasteiger partial charge in [-0.2, -0.15) is 0 Å². The molecule has 0 atom stereocenters. The maximum Gasteiger partial charge on any atom is 0.147 e. The molecule has 0 aliphatic rings. The standard InChI is InChI=1S/C12H15N3S/c1-8-4-9(2)6-10(5-8)12-15-14-11(16-12)7-13-3/h4-6,13H,7H2,1-3H3. The average Bonchev–Trinajstić information content (AvgIpc) is 2.65. The highest BCUT2D eigenvalue weighted by atomic mass is 32.1. The summed E-state index contributed by atoms with van der Waals surface area (Å²) >= 11 is 1.64. The second kappa shape index (κ2) is 4.72. The smallest absolute Gasteiger partial charge is 0.147 e. The number of hydrogen-bond donors (Lipinski definition) is 1. The maximum atomic E-state index is 4.22. The summed E-state index contributed by atoms with van der Waals surface area (Å²) in [4.78, 5) is 0. The fourth-order valence-corrected chi connectivity index (χ4v) is 2.53. The highest BCUT2D eigenvalue weighted by Crippen LogP contribution is 2.25.